The second kappa shape index (κ2) is 5.30. The molecule has 2 atom stereocenters. The molecule has 6 heteroatoms. The Hall–Kier alpha value is -1.40. The fourth-order valence-electron chi connectivity index (χ4n) is 3.27. The smallest absolute Gasteiger partial charge is 0.239 e. The molecule has 2 unspecified atom stereocenters. The zero-order valence-electron chi connectivity index (χ0n) is 11.4. The normalized spacial score (nSPS) is 27.1. The predicted octanol–water partition coefficient (Wildman–Crippen LogP) is 1.11. The summed E-state index contributed by atoms with van der Waals surface area (Å²) in [5, 5.41) is 3.54. The van der Waals surface area contributed by atoms with E-state index in [0.717, 1.165) is 17.6 Å². The minimum absolute atomic E-state index is 0.473. The molecule has 2 aliphatic rings. The van der Waals surface area contributed by atoms with Gasteiger partial charge in [0.2, 0.25) is 5.95 Å². The van der Waals surface area contributed by atoms with E-state index in [2.05, 4.69) is 25.6 Å². The van der Waals surface area contributed by atoms with Crippen LogP contribution in [0, 0.1) is 6.92 Å². The fraction of sp³-hybridized carbons (Fsp3) is 0.692. The van der Waals surface area contributed by atoms with E-state index in [0.29, 0.717) is 12.0 Å². The highest BCUT2D eigenvalue weighted by atomic mass is 15.3. The first kappa shape index (κ1) is 12.6. The topological polar surface area (TPSA) is 79.1 Å². The van der Waals surface area contributed by atoms with Crippen molar-refractivity contribution in [2.24, 2.45) is 5.84 Å². The lowest BCUT2D eigenvalue weighted by Gasteiger charge is -2.35. The second-order valence-electron chi connectivity index (χ2n) is 5.56. The zero-order valence-corrected chi connectivity index (χ0v) is 11.4. The van der Waals surface area contributed by atoms with Gasteiger partial charge in [0.05, 0.1) is 0 Å². The third-order valence-electron chi connectivity index (χ3n) is 4.16. The number of aryl methyl sites for hydroxylation is 1. The molecule has 0 bridgehead atoms. The Labute approximate surface area is 113 Å². The van der Waals surface area contributed by atoms with Gasteiger partial charge in [-0.3, -0.25) is 5.43 Å². The molecule has 0 aliphatic carbocycles. The van der Waals surface area contributed by atoms with E-state index < -0.39 is 0 Å². The number of nitrogens with one attached hydrogen (secondary N) is 2. The largest absolute Gasteiger partial charge is 0.367 e. The van der Waals surface area contributed by atoms with Crippen molar-refractivity contribution in [1.29, 1.82) is 0 Å². The van der Waals surface area contributed by atoms with E-state index in [1.807, 2.05) is 13.0 Å². The van der Waals surface area contributed by atoms with E-state index in [-0.39, 0.29) is 0 Å². The predicted molar refractivity (Wildman–Crippen MR) is 75.8 cm³/mol. The SMILES string of the molecule is Cc1cc(NC2CCN3CCCC3C2)nc(NN)n1. The average molecular weight is 262 g/mol. The molecule has 2 fully saturated rings. The maximum absolute atomic E-state index is 5.38. The van der Waals surface area contributed by atoms with Crippen molar-refractivity contribution in [2.75, 3.05) is 23.8 Å². The summed E-state index contributed by atoms with van der Waals surface area (Å²) in [5.74, 6) is 6.73. The van der Waals surface area contributed by atoms with Crippen LogP contribution in [0.25, 0.3) is 0 Å². The van der Waals surface area contributed by atoms with Gasteiger partial charge in [-0.15, -0.1) is 0 Å². The molecular formula is C13H22N6. The Balaban J connectivity index is 1.66. The first-order chi connectivity index (χ1) is 9.24. The second-order valence-corrected chi connectivity index (χ2v) is 5.56. The molecule has 3 heterocycles. The van der Waals surface area contributed by atoms with Crippen LogP contribution in [0.2, 0.25) is 0 Å². The Kier molecular flexibility index (Phi) is 3.52. The van der Waals surface area contributed by atoms with Gasteiger partial charge in [0.1, 0.15) is 5.82 Å². The number of piperidine rings is 1. The van der Waals surface area contributed by atoms with Crippen molar-refractivity contribution in [2.45, 2.75) is 44.7 Å². The van der Waals surface area contributed by atoms with Gasteiger partial charge in [-0.1, -0.05) is 0 Å². The molecule has 0 aromatic carbocycles. The Morgan fingerprint density at radius 3 is 3.05 bits per heavy atom. The molecule has 2 aliphatic heterocycles. The summed E-state index contributed by atoms with van der Waals surface area (Å²) in [6.45, 7) is 4.44. The van der Waals surface area contributed by atoms with Gasteiger partial charge in [0.15, 0.2) is 0 Å². The monoisotopic (exact) mass is 262 g/mol. The summed E-state index contributed by atoms with van der Waals surface area (Å²) in [4.78, 5) is 11.2. The lowest BCUT2D eigenvalue weighted by Crippen LogP contribution is -2.42. The Morgan fingerprint density at radius 1 is 1.32 bits per heavy atom. The number of anilines is 2. The number of nitrogen functional groups attached to an aromatic ring is 1. The lowest BCUT2D eigenvalue weighted by atomic mass is 9.97. The summed E-state index contributed by atoms with van der Waals surface area (Å²) < 4.78 is 0. The van der Waals surface area contributed by atoms with Crippen LogP contribution in [-0.4, -0.2) is 40.0 Å². The van der Waals surface area contributed by atoms with Crippen molar-refractivity contribution in [3.8, 4) is 0 Å². The van der Waals surface area contributed by atoms with Gasteiger partial charge >= 0.3 is 0 Å². The molecule has 6 nitrogen and oxygen atoms in total. The van der Waals surface area contributed by atoms with Gasteiger partial charge in [-0.2, -0.15) is 4.98 Å². The van der Waals surface area contributed by atoms with Crippen molar-refractivity contribution >= 4 is 11.8 Å². The number of fused-ring (bicyclic) bond motifs is 1. The summed E-state index contributed by atoms with van der Waals surface area (Å²) in [6.07, 6.45) is 5.10. The van der Waals surface area contributed by atoms with Crippen molar-refractivity contribution in [1.82, 2.24) is 14.9 Å². The van der Waals surface area contributed by atoms with Crippen LogP contribution in [0.5, 0.6) is 0 Å². The molecule has 104 valence electrons. The molecule has 0 radical (unpaired) electrons. The van der Waals surface area contributed by atoms with Crippen LogP contribution < -0.4 is 16.6 Å². The summed E-state index contributed by atoms with van der Waals surface area (Å²) in [7, 11) is 0. The number of aromatic nitrogens is 2. The molecule has 0 amide bonds. The minimum Gasteiger partial charge on any atom is -0.367 e. The zero-order chi connectivity index (χ0) is 13.2. The number of nitrogens with zero attached hydrogens (tertiary/aromatic N) is 3. The van der Waals surface area contributed by atoms with Crippen LogP contribution in [0.4, 0.5) is 11.8 Å². The van der Waals surface area contributed by atoms with Crippen molar-refractivity contribution < 1.29 is 0 Å². The van der Waals surface area contributed by atoms with Crippen molar-refractivity contribution in [3.05, 3.63) is 11.8 Å². The average Bonchev–Trinajstić information content (AvgIpc) is 2.85. The number of hydrazine groups is 1. The highest BCUT2D eigenvalue weighted by Crippen LogP contribution is 2.28. The maximum atomic E-state index is 5.38. The lowest BCUT2D eigenvalue weighted by molar-refractivity contribution is 0.188. The quantitative estimate of drug-likeness (QED) is 0.559. The Morgan fingerprint density at radius 2 is 2.21 bits per heavy atom. The summed E-state index contributed by atoms with van der Waals surface area (Å²) >= 11 is 0. The van der Waals surface area contributed by atoms with Gasteiger partial charge in [-0.05, 0) is 39.2 Å². The minimum atomic E-state index is 0.473. The third-order valence-corrected chi connectivity index (χ3v) is 4.16. The van der Waals surface area contributed by atoms with E-state index in [1.165, 1.54) is 38.8 Å². The molecule has 1 aromatic heterocycles. The molecule has 3 rings (SSSR count). The number of nitrogens with two attached hydrogens (primary N) is 1. The molecule has 2 saturated heterocycles. The molecular weight excluding hydrogens is 240 g/mol. The summed E-state index contributed by atoms with van der Waals surface area (Å²) in [5.41, 5.74) is 3.43. The van der Waals surface area contributed by atoms with Gasteiger partial charge in [-0.25, -0.2) is 10.8 Å². The molecule has 0 saturated carbocycles. The standard InChI is InChI=1S/C13H22N6/c1-9-7-12(17-13(15-9)18-14)16-10-4-6-19-5-2-3-11(19)8-10/h7,10-11H,2-6,8,14H2,1H3,(H2,15,16,17,18). The first-order valence-corrected chi connectivity index (χ1v) is 7.07. The highest BCUT2D eigenvalue weighted by molar-refractivity contribution is 5.42. The van der Waals surface area contributed by atoms with E-state index in [4.69, 9.17) is 5.84 Å². The maximum Gasteiger partial charge on any atom is 0.239 e. The van der Waals surface area contributed by atoms with Crippen LogP contribution in [0.15, 0.2) is 6.07 Å². The van der Waals surface area contributed by atoms with Crippen LogP contribution in [-0.2, 0) is 0 Å². The summed E-state index contributed by atoms with van der Waals surface area (Å²) in [6, 6.07) is 3.25. The first-order valence-electron chi connectivity index (χ1n) is 7.07. The molecule has 4 N–H and O–H groups in total. The van der Waals surface area contributed by atoms with Crippen LogP contribution in [0.1, 0.15) is 31.4 Å². The number of rotatable bonds is 3. The molecule has 19 heavy (non-hydrogen) atoms. The number of hydrogen-bond donors (Lipinski definition) is 3. The van der Waals surface area contributed by atoms with Crippen LogP contribution >= 0.6 is 0 Å². The highest BCUT2D eigenvalue weighted by Gasteiger charge is 2.31. The van der Waals surface area contributed by atoms with Crippen molar-refractivity contribution in [3.63, 3.8) is 0 Å². The van der Waals surface area contributed by atoms with Gasteiger partial charge < -0.3 is 10.2 Å². The van der Waals surface area contributed by atoms with Crippen LogP contribution in [0.3, 0.4) is 0 Å². The Bertz CT molecular complexity index is 449. The van der Waals surface area contributed by atoms with E-state index in [9.17, 15) is 0 Å². The van der Waals surface area contributed by atoms with Gasteiger partial charge in [0.25, 0.3) is 0 Å². The molecule has 0 spiro atoms. The fourth-order valence-corrected chi connectivity index (χ4v) is 3.27. The molecule has 1 aromatic rings. The van der Waals surface area contributed by atoms with Gasteiger partial charge in [0, 0.05) is 30.4 Å². The van der Waals surface area contributed by atoms with E-state index >= 15 is 0 Å². The third kappa shape index (κ3) is 2.79. The number of hydrogen-bond acceptors (Lipinski definition) is 6. The van der Waals surface area contributed by atoms with E-state index in [1.54, 1.807) is 0 Å².